The van der Waals surface area contributed by atoms with Crippen LogP contribution in [-0.2, 0) is 0 Å². The topological polar surface area (TPSA) is 80.9 Å². The number of nitrogens with zero attached hydrogens (tertiary/aromatic N) is 2. The molecule has 3 aromatic rings. The molecule has 3 rings (SSSR count). The van der Waals surface area contributed by atoms with Crippen LogP contribution in [0.15, 0.2) is 48.7 Å². The van der Waals surface area contributed by atoms with E-state index in [1.54, 1.807) is 24.4 Å². The standard InChI is InChI=1S/C16H14N4OS/c1-10-5-7-11(8-6-10)19-16-20-15(17)14(22-16)13(21)12-4-2-3-9-18-12/h2-9H,17H2,1H3,(H,19,20). The summed E-state index contributed by atoms with van der Waals surface area (Å²) in [6, 6.07) is 13.1. The largest absolute Gasteiger partial charge is 0.382 e. The average Bonchev–Trinajstić information content (AvgIpc) is 2.90. The molecule has 0 aliphatic rings. The predicted octanol–water partition coefficient (Wildman–Crippen LogP) is 3.40. The Bertz CT molecular complexity index is 797. The quantitative estimate of drug-likeness (QED) is 0.722. The Labute approximate surface area is 131 Å². The summed E-state index contributed by atoms with van der Waals surface area (Å²) in [7, 11) is 0. The van der Waals surface area contributed by atoms with Gasteiger partial charge in [0, 0.05) is 11.9 Å². The molecule has 0 saturated carbocycles. The Morgan fingerprint density at radius 3 is 2.64 bits per heavy atom. The third-order valence-electron chi connectivity index (χ3n) is 3.06. The third kappa shape index (κ3) is 2.96. The first-order valence-corrected chi connectivity index (χ1v) is 7.51. The number of ketones is 1. The van der Waals surface area contributed by atoms with Crippen LogP contribution in [0.25, 0.3) is 0 Å². The lowest BCUT2D eigenvalue weighted by atomic mass is 10.2. The number of benzene rings is 1. The number of aryl methyl sites for hydroxylation is 1. The van der Waals surface area contributed by atoms with Crippen molar-refractivity contribution in [3.8, 4) is 0 Å². The normalized spacial score (nSPS) is 10.4. The van der Waals surface area contributed by atoms with Crippen LogP contribution in [0.1, 0.15) is 20.9 Å². The Morgan fingerprint density at radius 1 is 1.18 bits per heavy atom. The zero-order valence-electron chi connectivity index (χ0n) is 11.9. The van der Waals surface area contributed by atoms with Crippen molar-refractivity contribution in [1.82, 2.24) is 9.97 Å². The van der Waals surface area contributed by atoms with Gasteiger partial charge < -0.3 is 11.1 Å². The summed E-state index contributed by atoms with van der Waals surface area (Å²) in [6.07, 6.45) is 1.58. The highest BCUT2D eigenvalue weighted by Crippen LogP contribution is 2.29. The lowest BCUT2D eigenvalue weighted by Crippen LogP contribution is -2.04. The van der Waals surface area contributed by atoms with Gasteiger partial charge >= 0.3 is 0 Å². The van der Waals surface area contributed by atoms with Crippen molar-refractivity contribution < 1.29 is 4.79 Å². The van der Waals surface area contributed by atoms with Crippen molar-refractivity contribution in [2.24, 2.45) is 0 Å². The number of rotatable bonds is 4. The Morgan fingerprint density at radius 2 is 1.95 bits per heavy atom. The lowest BCUT2D eigenvalue weighted by molar-refractivity contribution is 0.103. The summed E-state index contributed by atoms with van der Waals surface area (Å²) in [5, 5.41) is 3.74. The van der Waals surface area contributed by atoms with E-state index in [1.807, 2.05) is 31.2 Å². The molecule has 1 aromatic carbocycles. The minimum atomic E-state index is -0.215. The average molecular weight is 310 g/mol. The van der Waals surface area contributed by atoms with E-state index in [0.717, 1.165) is 5.69 Å². The highest BCUT2D eigenvalue weighted by atomic mass is 32.1. The fourth-order valence-corrected chi connectivity index (χ4v) is 2.78. The van der Waals surface area contributed by atoms with E-state index >= 15 is 0 Å². The summed E-state index contributed by atoms with van der Waals surface area (Å²) in [4.78, 5) is 21.0. The van der Waals surface area contributed by atoms with Crippen molar-refractivity contribution >= 4 is 33.8 Å². The Balaban J connectivity index is 1.85. The monoisotopic (exact) mass is 310 g/mol. The van der Waals surface area contributed by atoms with Gasteiger partial charge in [-0.25, -0.2) is 4.98 Å². The molecule has 5 nitrogen and oxygen atoms in total. The van der Waals surface area contributed by atoms with Crippen molar-refractivity contribution in [2.45, 2.75) is 6.92 Å². The molecule has 0 spiro atoms. The fraction of sp³-hybridized carbons (Fsp3) is 0.0625. The number of nitrogen functional groups attached to an aromatic ring is 1. The Kier molecular flexibility index (Phi) is 3.84. The highest BCUT2D eigenvalue weighted by Gasteiger charge is 2.18. The summed E-state index contributed by atoms with van der Waals surface area (Å²) in [5.41, 5.74) is 8.30. The van der Waals surface area contributed by atoms with Crippen molar-refractivity contribution in [1.29, 1.82) is 0 Å². The summed E-state index contributed by atoms with van der Waals surface area (Å²) >= 11 is 1.22. The molecule has 22 heavy (non-hydrogen) atoms. The van der Waals surface area contributed by atoms with Crippen LogP contribution in [0.4, 0.5) is 16.6 Å². The van der Waals surface area contributed by atoms with Gasteiger partial charge in [-0.2, -0.15) is 0 Å². The van der Waals surface area contributed by atoms with Gasteiger partial charge in [0.05, 0.1) is 0 Å². The van der Waals surface area contributed by atoms with E-state index in [0.29, 0.717) is 15.7 Å². The molecular weight excluding hydrogens is 296 g/mol. The number of carbonyl (C=O) groups is 1. The van der Waals surface area contributed by atoms with Crippen LogP contribution in [0.2, 0.25) is 0 Å². The number of anilines is 3. The Hall–Kier alpha value is -2.73. The van der Waals surface area contributed by atoms with Crippen LogP contribution in [-0.4, -0.2) is 15.8 Å². The van der Waals surface area contributed by atoms with E-state index in [-0.39, 0.29) is 11.6 Å². The number of nitrogens with one attached hydrogen (secondary N) is 1. The van der Waals surface area contributed by atoms with Gasteiger partial charge in [0.15, 0.2) is 5.13 Å². The molecule has 3 N–H and O–H groups in total. The van der Waals surface area contributed by atoms with Gasteiger partial charge in [0.2, 0.25) is 5.78 Å². The molecule has 2 aromatic heterocycles. The van der Waals surface area contributed by atoms with Crippen LogP contribution >= 0.6 is 11.3 Å². The van der Waals surface area contributed by atoms with Gasteiger partial charge in [-0.3, -0.25) is 9.78 Å². The van der Waals surface area contributed by atoms with E-state index in [2.05, 4.69) is 15.3 Å². The molecule has 0 fully saturated rings. The van der Waals surface area contributed by atoms with Gasteiger partial charge in [-0.1, -0.05) is 35.1 Å². The molecule has 0 unspecified atom stereocenters. The molecule has 0 bridgehead atoms. The second kappa shape index (κ2) is 5.95. The van der Waals surface area contributed by atoms with Gasteiger partial charge in [0.25, 0.3) is 0 Å². The SMILES string of the molecule is Cc1ccc(Nc2nc(N)c(C(=O)c3ccccn3)s2)cc1. The molecule has 0 amide bonds. The van der Waals surface area contributed by atoms with E-state index < -0.39 is 0 Å². The number of hydrogen-bond donors (Lipinski definition) is 2. The van der Waals surface area contributed by atoms with E-state index in [4.69, 9.17) is 5.73 Å². The minimum Gasteiger partial charge on any atom is -0.382 e. The fourth-order valence-electron chi connectivity index (χ4n) is 1.92. The molecule has 6 heteroatoms. The minimum absolute atomic E-state index is 0.215. The van der Waals surface area contributed by atoms with Gasteiger partial charge in [-0.15, -0.1) is 0 Å². The zero-order chi connectivity index (χ0) is 15.5. The molecule has 110 valence electrons. The van der Waals surface area contributed by atoms with E-state index in [9.17, 15) is 4.79 Å². The molecule has 0 saturated heterocycles. The number of nitrogens with two attached hydrogens (primary N) is 1. The van der Waals surface area contributed by atoms with Crippen LogP contribution < -0.4 is 11.1 Å². The summed E-state index contributed by atoms with van der Waals surface area (Å²) in [6.45, 7) is 2.02. The second-order valence-corrected chi connectivity index (χ2v) is 5.77. The lowest BCUT2D eigenvalue weighted by Gasteiger charge is -2.01. The summed E-state index contributed by atoms with van der Waals surface area (Å²) < 4.78 is 0. The molecule has 0 aliphatic carbocycles. The maximum atomic E-state index is 12.4. The smallest absolute Gasteiger partial charge is 0.225 e. The number of pyridine rings is 1. The summed E-state index contributed by atoms with van der Waals surface area (Å²) in [5.74, 6) is 0.00261. The first-order chi connectivity index (χ1) is 10.6. The molecule has 2 heterocycles. The number of aromatic nitrogens is 2. The van der Waals surface area contributed by atoms with Crippen molar-refractivity contribution in [3.05, 3.63) is 64.8 Å². The third-order valence-corrected chi connectivity index (χ3v) is 4.05. The molecule has 0 atom stereocenters. The zero-order valence-corrected chi connectivity index (χ0v) is 12.7. The van der Waals surface area contributed by atoms with Crippen molar-refractivity contribution in [2.75, 3.05) is 11.1 Å². The number of hydrogen-bond acceptors (Lipinski definition) is 6. The van der Waals surface area contributed by atoms with Crippen LogP contribution in [0, 0.1) is 6.92 Å². The number of thiazole rings is 1. The van der Waals surface area contributed by atoms with Gasteiger partial charge in [0.1, 0.15) is 16.4 Å². The van der Waals surface area contributed by atoms with Gasteiger partial charge in [-0.05, 0) is 31.2 Å². The van der Waals surface area contributed by atoms with Crippen LogP contribution in [0.3, 0.4) is 0 Å². The van der Waals surface area contributed by atoms with E-state index in [1.165, 1.54) is 16.9 Å². The first kappa shape index (κ1) is 14.2. The molecule has 0 radical (unpaired) electrons. The maximum Gasteiger partial charge on any atom is 0.225 e. The first-order valence-electron chi connectivity index (χ1n) is 6.69. The molecular formula is C16H14N4OS. The predicted molar refractivity (Wildman–Crippen MR) is 88.7 cm³/mol. The second-order valence-electron chi connectivity index (χ2n) is 4.77. The molecule has 0 aliphatic heterocycles. The maximum absolute atomic E-state index is 12.4. The van der Waals surface area contributed by atoms with Crippen molar-refractivity contribution in [3.63, 3.8) is 0 Å². The highest BCUT2D eigenvalue weighted by molar-refractivity contribution is 7.18. The van der Waals surface area contributed by atoms with Crippen LogP contribution in [0.5, 0.6) is 0 Å². The number of carbonyl (C=O) groups excluding carboxylic acids is 1.